The van der Waals surface area contributed by atoms with Crippen molar-refractivity contribution in [2.75, 3.05) is 44.3 Å². The molecule has 2 aliphatic rings. The van der Waals surface area contributed by atoms with Crippen LogP contribution in [0.4, 0.5) is 19.4 Å². The fraction of sp³-hybridized carbons (Fsp3) is 0.406. The van der Waals surface area contributed by atoms with Gasteiger partial charge in [0.2, 0.25) is 6.54 Å². The topological polar surface area (TPSA) is 94.3 Å². The molecule has 234 valence electrons. The van der Waals surface area contributed by atoms with Crippen molar-refractivity contribution < 1.29 is 27.8 Å². The Labute approximate surface area is 263 Å². The molecule has 2 fully saturated rings. The summed E-state index contributed by atoms with van der Waals surface area (Å²) in [5.41, 5.74) is -0.489. The lowest BCUT2D eigenvalue weighted by Gasteiger charge is -2.40. The van der Waals surface area contributed by atoms with E-state index < -0.39 is 29.4 Å². The number of piperazine rings is 1. The zero-order chi connectivity index (χ0) is 31.9. The first-order chi connectivity index (χ1) is 21.5. The van der Waals surface area contributed by atoms with Crippen LogP contribution in [0.25, 0.3) is 37.8 Å². The maximum atomic E-state index is 16.5. The molecule has 2 aromatic carbocycles. The number of hydrogen-bond acceptors (Lipinski definition) is 8. The van der Waals surface area contributed by atoms with Gasteiger partial charge in [0.1, 0.15) is 41.1 Å². The lowest BCUT2D eigenvalue weighted by atomic mass is 10.0. The summed E-state index contributed by atoms with van der Waals surface area (Å²) in [6.07, 6.45) is 1.68. The molecule has 4 aromatic rings. The minimum atomic E-state index is -0.751. The molecule has 4 heterocycles. The molecule has 0 saturated carbocycles. The molecule has 2 saturated heterocycles. The Kier molecular flexibility index (Phi) is 8.33. The zero-order valence-corrected chi connectivity index (χ0v) is 25.8. The number of nitrogens with zero attached hydrogens (tertiary/aromatic N) is 6. The highest BCUT2D eigenvalue weighted by molar-refractivity contribution is 6.36. The minimum absolute atomic E-state index is 0.0380. The molecule has 2 aromatic heterocycles. The standard InChI is InChI=1S/C32H31ClF2N6O4/c1-32(2,3)45-31(42)41-12-11-40(16-19(41)14-36-4)29-22-15-37-27(21-7-5-6-18-8-9-23(34)25(33)24(18)21)26(35)28(22)38-30(39-29)44-17-20-10-13-43-20/h5-9,15,19-20H,10-14,16-17H2,1-3H3/t19-,20?/m0/s1. The van der Waals surface area contributed by atoms with Crippen LogP contribution >= 0.6 is 11.6 Å². The van der Waals surface area contributed by atoms with Crippen LogP contribution < -0.4 is 9.64 Å². The van der Waals surface area contributed by atoms with E-state index >= 15 is 4.39 Å². The van der Waals surface area contributed by atoms with Gasteiger partial charge in [-0.15, -0.1) is 0 Å². The van der Waals surface area contributed by atoms with Crippen LogP contribution in [-0.2, 0) is 9.47 Å². The van der Waals surface area contributed by atoms with Crippen molar-refractivity contribution in [3.8, 4) is 17.3 Å². The Balaban J connectivity index is 1.43. The van der Waals surface area contributed by atoms with Gasteiger partial charge < -0.3 is 24.0 Å². The summed E-state index contributed by atoms with van der Waals surface area (Å²) >= 11 is 6.36. The second kappa shape index (κ2) is 12.2. The number of ether oxygens (including phenoxy) is 3. The first-order valence-corrected chi connectivity index (χ1v) is 15.0. The number of carbonyl (C=O) groups is 1. The first-order valence-electron chi connectivity index (χ1n) is 14.6. The Morgan fingerprint density at radius 2 is 2.00 bits per heavy atom. The van der Waals surface area contributed by atoms with Crippen LogP contribution in [0.1, 0.15) is 27.2 Å². The fourth-order valence-corrected chi connectivity index (χ4v) is 5.75. The molecule has 0 N–H and O–H groups in total. The number of aromatic nitrogens is 3. The van der Waals surface area contributed by atoms with Gasteiger partial charge in [-0.2, -0.15) is 9.97 Å². The monoisotopic (exact) mass is 636 g/mol. The predicted molar refractivity (Wildman–Crippen MR) is 165 cm³/mol. The number of benzene rings is 2. The summed E-state index contributed by atoms with van der Waals surface area (Å²) < 4.78 is 48.0. The van der Waals surface area contributed by atoms with Gasteiger partial charge in [0.05, 0.1) is 16.5 Å². The second-order valence-corrected chi connectivity index (χ2v) is 12.4. The largest absolute Gasteiger partial charge is 0.461 e. The Hall–Kier alpha value is -4.34. The molecule has 2 aliphatic heterocycles. The molecule has 13 heteroatoms. The van der Waals surface area contributed by atoms with Crippen LogP contribution in [0.2, 0.25) is 5.02 Å². The maximum absolute atomic E-state index is 16.5. The molecular formula is C32H31ClF2N6O4. The van der Waals surface area contributed by atoms with E-state index in [1.807, 2.05) is 4.90 Å². The van der Waals surface area contributed by atoms with Crippen molar-refractivity contribution in [2.45, 2.75) is 44.9 Å². The number of carbonyl (C=O) groups excluding carboxylic acids is 1. The van der Waals surface area contributed by atoms with Crippen molar-refractivity contribution in [3.63, 3.8) is 0 Å². The number of halogens is 3. The van der Waals surface area contributed by atoms with Crippen molar-refractivity contribution in [2.24, 2.45) is 0 Å². The SMILES string of the molecule is [C-]#[N+]C[C@H]1CN(c2nc(OCC3CCO3)nc3c(F)c(-c4cccc5ccc(F)c(Cl)c45)ncc23)CCN1C(=O)OC(C)(C)C. The predicted octanol–water partition coefficient (Wildman–Crippen LogP) is 6.29. The highest BCUT2D eigenvalue weighted by Gasteiger charge is 2.37. The summed E-state index contributed by atoms with van der Waals surface area (Å²) in [6, 6.07) is 7.38. The molecule has 0 spiro atoms. The van der Waals surface area contributed by atoms with Crippen LogP contribution in [0.15, 0.2) is 36.5 Å². The van der Waals surface area contributed by atoms with Gasteiger partial charge in [-0.05, 0) is 32.2 Å². The van der Waals surface area contributed by atoms with Crippen molar-refractivity contribution in [1.82, 2.24) is 19.9 Å². The quantitative estimate of drug-likeness (QED) is 0.228. The van der Waals surface area contributed by atoms with Gasteiger partial charge in [0, 0.05) is 49.8 Å². The summed E-state index contributed by atoms with van der Waals surface area (Å²) in [7, 11) is 0. The van der Waals surface area contributed by atoms with E-state index in [9.17, 15) is 9.18 Å². The van der Waals surface area contributed by atoms with Crippen LogP contribution in [-0.4, -0.2) is 83.1 Å². The highest BCUT2D eigenvalue weighted by Crippen LogP contribution is 2.38. The van der Waals surface area contributed by atoms with Crippen molar-refractivity contribution in [1.29, 1.82) is 0 Å². The summed E-state index contributed by atoms with van der Waals surface area (Å²) in [5.74, 6) is -1.03. The van der Waals surface area contributed by atoms with E-state index in [0.29, 0.717) is 40.7 Å². The molecule has 1 amide bonds. The second-order valence-electron chi connectivity index (χ2n) is 12.0. The number of hydrogen-bond donors (Lipinski definition) is 0. The van der Waals surface area contributed by atoms with E-state index in [1.165, 1.54) is 12.3 Å². The lowest BCUT2D eigenvalue weighted by molar-refractivity contribution is -0.0733. The Morgan fingerprint density at radius 1 is 1.20 bits per heavy atom. The van der Waals surface area contributed by atoms with Gasteiger partial charge in [-0.25, -0.2) is 20.1 Å². The van der Waals surface area contributed by atoms with E-state index in [2.05, 4.69) is 19.8 Å². The van der Waals surface area contributed by atoms with Gasteiger partial charge in [0.25, 0.3) is 0 Å². The Bertz CT molecular complexity index is 1820. The average Bonchev–Trinajstić information content (AvgIpc) is 2.97. The lowest BCUT2D eigenvalue weighted by Crippen LogP contribution is -2.57. The number of anilines is 1. The highest BCUT2D eigenvalue weighted by atomic mass is 35.5. The maximum Gasteiger partial charge on any atom is 0.410 e. The third-order valence-corrected chi connectivity index (χ3v) is 8.11. The summed E-state index contributed by atoms with van der Waals surface area (Å²) in [6.45, 7) is 14.5. The first kappa shape index (κ1) is 30.7. The van der Waals surface area contributed by atoms with Crippen LogP contribution in [0.5, 0.6) is 6.01 Å². The number of pyridine rings is 1. The molecular weight excluding hydrogens is 606 g/mol. The molecule has 6 rings (SSSR count). The van der Waals surface area contributed by atoms with Crippen LogP contribution in [0, 0.1) is 18.2 Å². The molecule has 0 bridgehead atoms. The molecule has 10 nitrogen and oxygen atoms in total. The molecule has 0 aliphatic carbocycles. The van der Waals surface area contributed by atoms with Gasteiger partial charge >= 0.3 is 12.1 Å². The van der Waals surface area contributed by atoms with Crippen LogP contribution in [0.3, 0.4) is 0 Å². The van der Waals surface area contributed by atoms with E-state index in [-0.39, 0.29) is 54.6 Å². The normalized spacial score (nSPS) is 18.5. The molecule has 0 radical (unpaired) electrons. The third-order valence-electron chi connectivity index (χ3n) is 7.74. The fourth-order valence-electron chi connectivity index (χ4n) is 5.48. The van der Waals surface area contributed by atoms with Crippen molar-refractivity contribution >= 4 is 45.2 Å². The smallest absolute Gasteiger partial charge is 0.410 e. The minimum Gasteiger partial charge on any atom is -0.461 e. The van der Waals surface area contributed by atoms with E-state index in [0.717, 1.165) is 6.42 Å². The molecule has 2 atom stereocenters. The number of amides is 1. The number of rotatable bonds is 6. The third kappa shape index (κ3) is 6.15. The van der Waals surface area contributed by atoms with Gasteiger partial charge in [-0.3, -0.25) is 9.88 Å². The zero-order valence-electron chi connectivity index (χ0n) is 25.0. The average molecular weight is 637 g/mol. The Morgan fingerprint density at radius 3 is 2.71 bits per heavy atom. The summed E-state index contributed by atoms with van der Waals surface area (Å²) in [4.78, 5) is 33.5. The summed E-state index contributed by atoms with van der Waals surface area (Å²) in [5, 5.41) is 1.14. The van der Waals surface area contributed by atoms with E-state index in [1.54, 1.807) is 49.9 Å². The van der Waals surface area contributed by atoms with Crippen molar-refractivity contribution in [3.05, 3.63) is 64.6 Å². The van der Waals surface area contributed by atoms with Gasteiger partial charge in [0.15, 0.2) is 5.82 Å². The molecule has 45 heavy (non-hydrogen) atoms. The van der Waals surface area contributed by atoms with Gasteiger partial charge in [-0.1, -0.05) is 35.9 Å². The van der Waals surface area contributed by atoms with E-state index in [4.69, 9.17) is 32.4 Å². The molecule has 1 unspecified atom stereocenters. The number of fused-ring (bicyclic) bond motifs is 2.